The van der Waals surface area contributed by atoms with Gasteiger partial charge >= 0.3 is 0 Å². The number of nitrogens with one attached hydrogen (secondary N) is 2. The molecule has 1 fully saturated rings. The number of rotatable bonds is 3. The first-order valence-electron chi connectivity index (χ1n) is 7.19. The molecule has 0 aliphatic carbocycles. The highest BCUT2D eigenvalue weighted by Gasteiger charge is 2.17. The molecule has 108 valence electrons. The van der Waals surface area contributed by atoms with Crippen molar-refractivity contribution in [3.63, 3.8) is 0 Å². The first kappa shape index (κ1) is 12.2. The van der Waals surface area contributed by atoms with Gasteiger partial charge < -0.3 is 10.2 Å². The van der Waals surface area contributed by atoms with Crippen molar-refractivity contribution in [1.82, 2.24) is 24.8 Å². The van der Waals surface area contributed by atoms with Gasteiger partial charge in [0.25, 0.3) is 0 Å². The lowest BCUT2D eigenvalue weighted by Crippen LogP contribution is -2.22. The Balaban J connectivity index is 1.76. The zero-order chi connectivity index (χ0) is 14.2. The van der Waals surface area contributed by atoms with Crippen molar-refractivity contribution in [2.24, 2.45) is 0 Å². The normalized spacial score (nSPS) is 15.0. The molecule has 0 atom stereocenters. The smallest absolute Gasteiger partial charge is 0.245 e. The summed E-state index contributed by atoms with van der Waals surface area (Å²) in [5.41, 5.74) is 1.95. The highest BCUT2D eigenvalue weighted by Crippen LogP contribution is 2.23. The third-order valence-corrected chi connectivity index (χ3v) is 3.72. The van der Waals surface area contributed by atoms with Crippen LogP contribution in [-0.4, -0.2) is 37.9 Å². The van der Waals surface area contributed by atoms with Gasteiger partial charge in [0, 0.05) is 31.0 Å². The summed E-state index contributed by atoms with van der Waals surface area (Å²) in [6.45, 7) is 4.02. The van der Waals surface area contributed by atoms with Gasteiger partial charge in [0.2, 0.25) is 5.95 Å². The van der Waals surface area contributed by atoms with Gasteiger partial charge in [0.15, 0.2) is 11.6 Å². The summed E-state index contributed by atoms with van der Waals surface area (Å²) in [6.07, 6.45) is 4.35. The molecule has 0 radical (unpaired) electrons. The molecule has 0 bridgehead atoms. The van der Waals surface area contributed by atoms with E-state index in [1.807, 2.05) is 35.8 Å². The van der Waals surface area contributed by atoms with Crippen LogP contribution in [0.3, 0.4) is 0 Å². The molecular formula is C14H17N7. The van der Waals surface area contributed by atoms with Crippen molar-refractivity contribution in [3.05, 3.63) is 30.1 Å². The van der Waals surface area contributed by atoms with E-state index in [4.69, 9.17) is 0 Å². The summed E-state index contributed by atoms with van der Waals surface area (Å²) in [6, 6.07) is 5.92. The fourth-order valence-electron chi connectivity index (χ4n) is 2.67. The molecule has 4 heterocycles. The number of aryl methyl sites for hydroxylation is 1. The maximum atomic E-state index is 4.69. The van der Waals surface area contributed by atoms with Crippen LogP contribution < -0.4 is 10.2 Å². The molecule has 1 aliphatic heterocycles. The van der Waals surface area contributed by atoms with E-state index in [1.165, 1.54) is 12.8 Å². The minimum absolute atomic E-state index is 0.765. The van der Waals surface area contributed by atoms with Crippen molar-refractivity contribution in [2.45, 2.75) is 19.8 Å². The molecule has 0 amide bonds. The highest BCUT2D eigenvalue weighted by atomic mass is 15.4. The first-order chi connectivity index (χ1) is 10.3. The summed E-state index contributed by atoms with van der Waals surface area (Å²) in [4.78, 5) is 6.91. The van der Waals surface area contributed by atoms with E-state index in [0.717, 1.165) is 41.9 Å². The number of hydrogen-bond acceptors (Lipinski definition) is 5. The lowest BCUT2D eigenvalue weighted by atomic mass is 10.4. The Bertz CT molecular complexity index is 767. The number of aromatic nitrogens is 5. The lowest BCUT2D eigenvalue weighted by Gasteiger charge is -2.16. The molecule has 3 aromatic rings. The van der Waals surface area contributed by atoms with Crippen LogP contribution in [0.15, 0.2) is 24.4 Å². The predicted molar refractivity (Wildman–Crippen MR) is 81.0 cm³/mol. The van der Waals surface area contributed by atoms with Crippen molar-refractivity contribution in [3.8, 4) is 0 Å². The Hall–Kier alpha value is -2.57. The Morgan fingerprint density at radius 3 is 2.90 bits per heavy atom. The Labute approximate surface area is 122 Å². The average Bonchev–Trinajstić information content (AvgIpc) is 3.18. The van der Waals surface area contributed by atoms with Crippen molar-refractivity contribution >= 4 is 23.1 Å². The molecule has 0 spiro atoms. The molecule has 0 unspecified atom stereocenters. The highest BCUT2D eigenvalue weighted by molar-refractivity contribution is 5.73. The Morgan fingerprint density at radius 2 is 2.14 bits per heavy atom. The Morgan fingerprint density at radius 1 is 1.29 bits per heavy atom. The van der Waals surface area contributed by atoms with E-state index >= 15 is 0 Å². The van der Waals surface area contributed by atoms with Crippen molar-refractivity contribution in [1.29, 1.82) is 0 Å². The number of aromatic amines is 1. The van der Waals surface area contributed by atoms with Gasteiger partial charge in [0.1, 0.15) is 5.52 Å². The summed E-state index contributed by atoms with van der Waals surface area (Å²) >= 11 is 0. The summed E-state index contributed by atoms with van der Waals surface area (Å²) < 4.78 is 1.86. The molecule has 2 N–H and O–H groups in total. The number of H-pyrrole nitrogens is 1. The third-order valence-electron chi connectivity index (χ3n) is 3.72. The maximum Gasteiger partial charge on any atom is 0.245 e. The number of nitrogens with zero attached hydrogens (tertiary/aromatic N) is 5. The monoisotopic (exact) mass is 283 g/mol. The molecule has 3 aromatic heterocycles. The second-order valence-electron chi connectivity index (χ2n) is 5.35. The van der Waals surface area contributed by atoms with Crippen LogP contribution in [0.5, 0.6) is 0 Å². The summed E-state index contributed by atoms with van der Waals surface area (Å²) in [7, 11) is 0. The second kappa shape index (κ2) is 4.76. The third kappa shape index (κ3) is 2.20. The maximum absolute atomic E-state index is 4.69. The van der Waals surface area contributed by atoms with E-state index in [2.05, 4.69) is 30.5 Å². The van der Waals surface area contributed by atoms with Crippen molar-refractivity contribution < 1.29 is 0 Å². The topological polar surface area (TPSA) is 74.1 Å². The standard InChI is InChI=1S/C14H17N7/c1-10-9-12(18-17-10)15-13-11-5-4-8-21(11)19-14(16-13)20-6-2-3-7-20/h4-5,8-9H,2-3,6-7H2,1H3,(H2,15,16,17,18,19). The van der Waals surface area contributed by atoms with E-state index < -0.39 is 0 Å². The van der Waals surface area contributed by atoms with E-state index in [1.54, 1.807) is 0 Å². The molecule has 0 aromatic carbocycles. The zero-order valence-corrected chi connectivity index (χ0v) is 11.9. The minimum atomic E-state index is 0.765. The van der Waals surface area contributed by atoms with Gasteiger partial charge in [-0.1, -0.05) is 0 Å². The number of anilines is 3. The predicted octanol–water partition coefficient (Wildman–Crippen LogP) is 2.10. The molecule has 21 heavy (non-hydrogen) atoms. The number of fused-ring (bicyclic) bond motifs is 1. The zero-order valence-electron chi connectivity index (χ0n) is 11.9. The summed E-state index contributed by atoms with van der Waals surface area (Å²) in [5.74, 6) is 2.32. The number of hydrogen-bond donors (Lipinski definition) is 2. The molecule has 1 aliphatic rings. The summed E-state index contributed by atoms with van der Waals surface area (Å²) in [5, 5.41) is 15.0. The van der Waals surface area contributed by atoms with Crippen molar-refractivity contribution in [2.75, 3.05) is 23.3 Å². The van der Waals surface area contributed by atoms with E-state index in [-0.39, 0.29) is 0 Å². The van der Waals surface area contributed by atoms with Crippen LogP contribution in [0.2, 0.25) is 0 Å². The van der Waals surface area contributed by atoms with Gasteiger partial charge in [-0.15, -0.1) is 5.10 Å². The van der Waals surface area contributed by atoms with E-state index in [9.17, 15) is 0 Å². The van der Waals surface area contributed by atoms with Gasteiger partial charge in [-0.05, 0) is 31.9 Å². The quantitative estimate of drug-likeness (QED) is 0.770. The average molecular weight is 283 g/mol. The molecule has 7 nitrogen and oxygen atoms in total. The van der Waals surface area contributed by atoms with E-state index in [0.29, 0.717) is 0 Å². The van der Waals surface area contributed by atoms with Crippen LogP contribution in [0, 0.1) is 6.92 Å². The molecule has 0 saturated carbocycles. The van der Waals surface area contributed by atoms with Gasteiger partial charge in [-0.2, -0.15) is 10.1 Å². The SMILES string of the molecule is Cc1cc(Nc2nc(N3CCCC3)nn3cccc23)n[nH]1. The lowest BCUT2D eigenvalue weighted by molar-refractivity contribution is 0.826. The molecular weight excluding hydrogens is 266 g/mol. The largest absolute Gasteiger partial charge is 0.340 e. The first-order valence-corrected chi connectivity index (χ1v) is 7.19. The van der Waals surface area contributed by atoms with Crippen LogP contribution in [-0.2, 0) is 0 Å². The fourth-order valence-corrected chi connectivity index (χ4v) is 2.67. The van der Waals surface area contributed by atoms with Crippen LogP contribution in [0.25, 0.3) is 5.52 Å². The molecule has 4 rings (SSSR count). The Kier molecular flexibility index (Phi) is 2.77. The van der Waals surface area contributed by atoms with Gasteiger partial charge in [-0.25, -0.2) is 4.52 Å². The fraction of sp³-hybridized carbons (Fsp3) is 0.357. The van der Waals surface area contributed by atoms with Crippen LogP contribution >= 0.6 is 0 Å². The van der Waals surface area contributed by atoms with Gasteiger partial charge in [-0.3, -0.25) is 5.10 Å². The van der Waals surface area contributed by atoms with Crippen LogP contribution in [0.1, 0.15) is 18.5 Å². The van der Waals surface area contributed by atoms with Crippen LogP contribution in [0.4, 0.5) is 17.6 Å². The minimum Gasteiger partial charge on any atom is -0.340 e. The second-order valence-corrected chi connectivity index (χ2v) is 5.35. The molecule has 7 heteroatoms. The molecule has 1 saturated heterocycles. The van der Waals surface area contributed by atoms with Gasteiger partial charge in [0.05, 0.1) is 0 Å².